The summed E-state index contributed by atoms with van der Waals surface area (Å²) in [5, 5.41) is 3.35. The first-order chi connectivity index (χ1) is 9.59. The number of amides is 1. The van der Waals surface area contributed by atoms with E-state index in [2.05, 4.69) is 10.3 Å². The minimum atomic E-state index is -0.607. The Morgan fingerprint density at radius 1 is 1.50 bits per heavy atom. The number of aliphatic imine (C=N–C) groups is 1. The summed E-state index contributed by atoms with van der Waals surface area (Å²) in [6.07, 6.45) is 0.859. The van der Waals surface area contributed by atoms with Crippen LogP contribution in [-0.2, 0) is 9.53 Å². The van der Waals surface area contributed by atoms with E-state index in [0.29, 0.717) is 24.1 Å². The van der Waals surface area contributed by atoms with Gasteiger partial charge in [-0.15, -0.1) is 0 Å². The van der Waals surface area contributed by atoms with Crippen LogP contribution in [0.15, 0.2) is 29.3 Å². The lowest BCUT2D eigenvalue weighted by Crippen LogP contribution is -2.37. The van der Waals surface area contributed by atoms with E-state index in [4.69, 9.17) is 4.74 Å². The van der Waals surface area contributed by atoms with Gasteiger partial charge in [0.2, 0.25) is 0 Å². The normalized spacial score (nSPS) is 29.6. The Bertz CT molecular complexity index is 572. The molecule has 0 aliphatic carbocycles. The summed E-state index contributed by atoms with van der Waals surface area (Å²) in [6.45, 7) is 3.15. The molecule has 2 atom stereocenters. The van der Waals surface area contributed by atoms with Crippen molar-refractivity contribution in [1.82, 2.24) is 0 Å². The molecule has 20 heavy (non-hydrogen) atoms. The summed E-state index contributed by atoms with van der Waals surface area (Å²) >= 11 is 1.36. The molecule has 2 aliphatic rings. The molecule has 2 aliphatic heterocycles. The van der Waals surface area contributed by atoms with Crippen molar-refractivity contribution in [1.29, 1.82) is 0 Å². The van der Waals surface area contributed by atoms with E-state index in [9.17, 15) is 9.18 Å². The van der Waals surface area contributed by atoms with Crippen molar-refractivity contribution in [2.45, 2.75) is 18.1 Å². The van der Waals surface area contributed by atoms with E-state index in [1.807, 2.05) is 6.92 Å². The molecule has 0 aromatic heterocycles. The molecule has 1 aromatic rings. The number of amidine groups is 1. The van der Waals surface area contributed by atoms with Crippen LogP contribution in [0.25, 0.3) is 0 Å². The number of thioether (sulfide) groups is 1. The molecule has 1 fully saturated rings. The number of rotatable bonds is 2. The van der Waals surface area contributed by atoms with Gasteiger partial charge in [0.05, 0.1) is 12.3 Å². The lowest BCUT2D eigenvalue weighted by atomic mass is 9.92. The smallest absolute Gasteiger partial charge is 0.264 e. The van der Waals surface area contributed by atoms with Crippen molar-refractivity contribution in [3.05, 3.63) is 30.1 Å². The second kappa shape index (κ2) is 5.18. The van der Waals surface area contributed by atoms with Crippen LogP contribution in [0.1, 0.15) is 13.3 Å². The predicted octanol–water partition coefficient (Wildman–Crippen LogP) is 2.66. The Morgan fingerprint density at radius 3 is 3.00 bits per heavy atom. The Balaban J connectivity index is 1.76. The molecule has 1 aromatic carbocycles. The molecule has 0 spiro atoms. The molecule has 4 nitrogen and oxygen atoms in total. The minimum Gasteiger partial charge on any atom is -0.381 e. The summed E-state index contributed by atoms with van der Waals surface area (Å²) in [5.74, 6) is -0.374. The molecular formula is C14H15FN2O2S. The molecular weight excluding hydrogens is 279 g/mol. The van der Waals surface area contributed by atoms with Gasteiger partial charge in [0.1, 0.15) is 10.6 Å². The van der Waals surface area contributed by atoms with Crippen molar-refractivity contribution >= 4 is 28.5 Å². The maximum Gasteiger partial charge on any atom is 0.264 e. The fourth-order valence-corrected chi connectivity index (χ4v) is 3.61. The first-order valence-corrected chi connectivity index (χ1v) is 7.32. The van der Waals surface area contributed by atoms with Crippen LogP contribution in [0.2, 0.25) is 0 Å². The van der Waals surface area contributed by atoms with E-state index < -0.39 is 4.75 Å². The summed E-state index contributed by atoms with van der Waals surface area (Å²) in [7, 11) is 0. The highest BCUT2D eigenvalue weighted by atomic mass is 32.2. The van der Waals surface area contributed by atoms with Crippen molar-refractivity contribution < 1.29 is 13.9 Å². The van der Waals surface area contributed by atoms with Crippen molar-refractivity contribution in [2.75, 3.05) is 18.5 Å². The summed E-state index contributed by atoms with van der Waals surface area (Å²) in [4.78, 5) is 16.2. The quantitative estimate of drug-likeness (QED) is 0.911. The van der Waals surface area contributed by atoms with Crippen LogP contribution in [0.3, 0.4) is 0 Å². The summed E-state index contributed by atoms with van der Waals surface area (Å²) < 4.78 is 18.4. The van der Waals surface area contributed by atoms with E-state index in [-0.39, 0.29) is 17.6 Å². The van der Waals surface area contributed by atoms with Crippen molar-refractivity contribution in [3.8, 4) is 0 Å². The number of hydrogen-bond donors (Lipinski definition) is 1. The average molecular weight is 294 g/mol. The number of benzene rings is 1. The van der Waals surface area contributed by atoms with Crippen LogP contribution in [-0.4, -0.2) is 29.0 Å². The lowest BCUT2D eigenvalue weighted by molar-refractivity contribution is -0.120. The number of halogens is 1. The number of nitrogens with one attached hydrogen (secondary N) is 1. The molecule has 1 saturated heterocycles. The van der Waals surface area contributed by atoms with Gasteiger partial charge >= 0.3 is 0 Å². The van der Waals surface area contributed by atoms with Gasteiger partial charge < -0.3 is 10.1 Å². The van der Waals surface area contributed by atoms with Gasteiger partial charge in [-0.05, 0) is 25.5 Å². The third-order valence-corrected chi connectivity index (χ3v) is 5.08. The highest BCUT2D eigenvalue weighted by Gasteiger charge is 2.48. The largest absolute Gasteiger partial charge is 0.381 e. The van der Waals surface area contributed by atoms with Crippen molar-refractivity contribution in [3.63, 3.8) is 0 Å². The number of nitrogens with zero attached hydrogens (tertiary/aromatic N) is 1. The summed E-state index contributed by atoms with van der Waals surface area (Å²) in [6, 6.07) is 6.35. The van der Waals surface area contributed by atoms with Crippen LogP contribution in [0, 0.1) is 11.7 Å². The third kappa shape index (κ3) is 2.33. The first-order valence-electron chi connectivity index (χ1n) is 6.51. The van der Waals surface area contributed by atoms with E-state index in [1.54, 1.807) is 18.2 Å². The first kappa shape index (κ1) is 13.6. The number of anilines is 1. The van der Waals surface area contributed by atoms with Crippen LogP contribution >= 0.6 is 11.8 Å². The van der Waals surface area contributed by atoms with Gasteiger partial charge in [-0.1, -0.05) is 23.9 Å². The molecule has 2 heterocycles. The van der Waals surface area contributed by atoms with Crippen LogP contribution in [0.4, 0.5) is 10.1 Å². The molecule has 6 heteroatoms. The van der Waals surface area contributed by atoms with Gasteiger partial charge in [0, 0.05) is 12.5 Å². The Morgan fingerprint density at radius 2 is 2.30 bits per heavy atom. The third-order valence-electron chi connectivity index (χ3n) is 3.76. The predicted molar refractivity (Wildman–Crippen MR) is 77.4 cm³/mol. The van der Waals surface area contributed by atoms with Gasteiger partial charge in [0.25, 0.3) is 5.91 Å². The van der Waals surface area contributed by atoms with E-state index >= 15 is 0 Å². The summed E-state index contributed by atoms with van der Waals surface area (Å²) in [5.41, 5.74) is 0.332. The molecule has 106 valence electrons. The van der Waals surface area contributed by atoms with Gasteiger partial charge in [-0.3, -0.25) is 4.79 Å². The Labute approximate surface area is 120 Å². The minimum absolute atomic E-state index is 0.156. The van der Waals surface area contributed by atoms with E-state index in [1.165, 1.54) is 17.8 Å². The van der Waals surface area contributed by atoms with Crippen LogP contribution in [0.5, 0.6) is 0 Å². The highest BCUT2D eigenvalue weighted by Crippen LogP contribution is 2.43. The molecule has 0 saturated carbocycles. The monoisotopic (exact) mass is 294 g/mol. The topological polar surface area (TPSA) is 50.7 Å². The molecule has 3 rings (SSSR count). The number of para-hydroxylation sites is 1. The number of carbonyl (C=O) groups excluding carboxylic acids is 1. The second-order valence-corrected chi connectivity index (χ2v) is 6.54. The highest BCUT2D eigenvalue weighted by molar-refractivity contribution is 8.16. The zero-order valence-electron chi connectivity index (χ0n) is 11.1. The van der Waals surface area contributed by atoms with E-state index in [0.717, 1.165) is 6.42 Å². The number of hydrogen-bond acceptors (Lipinski definition) is 4. The fourth-order valence-electron chi connectivity index (χ4n) is 2.43. The molecule has 1 amide bonds. The SMILES string of the molecule is CC1([C@H]2CCOC2)SC(Nc2ccccc2F)=NC1=O. The lowest BCUT2D eigenvalue weighted by Gasteiger charge is -2.25. The standard InChI is InChI=1S/C14H15FN2O2S/c1-14(9-6-7-19-8-9)12(18)17-13(20-14)16-11-5-3-2-4-10(11)15/h2-5,9H,6-8H2,1H3,(H,16,17,18)/t9-,14?/m0/s1. The van der Waals surface area contributed by atoms with Crippen molar-refractivity contribution in [2.24, 2.45) is 10.9 Å². The second-order valence-electron chi connectivity index (χ2n) is 5.10. The zero-order chi connectivity index (χ0) is 14.2. The maximum absolute atomic E-state index is 13.6. The van der Waals surface area contributed by atoms with Gasteiger partial charge in [-0.25, -0.2) is 4.39 Å². The molecule has 1 N–H and O–H groups in total. The number of ether oxygens (including phenoxy) is 1. The fraction of sp³-hybridized carbons (Fsp3) is 0.429. The molecule has 0 bridgehead atoms. The van der Waals surface area contributed by atoms with Crippen LogP contribution < -0.4 is 5.32 Å². The van der Waals surface area contributed by atoms with Gasteiger partial charge in [0.15, 0.2) is 5.17 Å². The Kier molecular flexibility index (Phi) is 3.52. The van der Waals surface area contributed by atoms with Gasteiger partial charge in [-0.2, -0.15) is 4.99 Å². The maximum atomic E-state index is 13.6. The molecule has 1 unspecified atom stereocenters. The number of carbonyl (C=O) groups is 1. The molecule has 0 radical (unpaired) electrons. The zero-order valence-corrected chi connectivity index (χ0v) is 11.9. The average Bonchev–Trinajstić information content (AvgIpc) is 3.03. The Hall–Kier alpha value is -1.40.